The van der Waals surface area contributed by atoms with E-state index in [-0.39, 0.29) is 17.8 Å². The van der Waals surface area contributed by atoms with Crippen LogP contribution in [0, 0.1) is 17.7 Å². The van der Waals surface area contributed by atoms with Gasteiger partial charge in [0.25, 0.3) is 10.2 Å². The first-order chi connectivity index (χ1) is 10.7. The van der Waals surface area contributed by atoms with Crippen molar-refractivity contribution in [2.24, 2.45) is 11.8 Å². The quantitative estimate of drug-likeness (QED) is 0.849. The third-order valence-corrected chi connectivity index (χ3v) is 6.09. The SMILES string of the molecule is CCN(C)S(=O)(=O)N[C@@H]1CN(c2ccc(F)cn2)C[C@H]1C(C)C. The van der Waals surface area contributed by atoms with Crippen LogP contribution in [-0.4, -0.2) is 50.4 Å². The van der Waals surface area contributed by atoms with Crippen molar-refractivity contribution in [1.82, 2.24) is 14.0 Å². The van der Waals surface area contributed by atoms with E-state index < -0.39 is 10.2 Å². The van der Waals surface area contributed by atoms with Gasteiger partial charge in [0, 0.05) is 32.7 Å². The highest BCUT2D eigenvalue weighted by Gasteiger charge is 2.38. The number of nitrogens with one attached hydrogen (secondary N) is 1. The molecule has 0 radical (unpaired) electrons. The van der Waals surface area contributed by atoms with Gasteiger partial charge in [-0.25, -0.2) is 9.37 Å². The maximum absolute atomic E-state index is 13.0. The Hall–Kier alpha value is -1.25. The van der Waals surface area contributed by atoms with Crippen LogP contribution in [0.15, 0.2) is 18.3 Å². The maximum atomic E-state index is 13.0. The third kappa shape index (κ3) is 4.19. The van der Waals surface area contributed by atoms with Gasteiger partial charge in [-0.1, -0.05) is 20.8 Å². The van der Waals surface area contributed by atoms with Gasteiger partial charge < -0.3 is 4.90 Å². The highest BCUT2D eigenvalue weighted by molar-refractivity contribution is 7.87. The van der Waals surface area contributed by atoms with Crippen molar-refractivity contribution >= 4 is 16.0 Å². The van der Waals surface area contributed by atoms with Crippen LogP contribution in [0.1, 0.15) is 20.8 Å². The van der Waals surface area contributed by atoms with Crippen LogP contribution in [-0.2, 0) is 10.2 Å². The average Bonchev–Trinajstić information content (AvgIpc) is 2.90. The van der Waals surface area contributed by atoms with E-state index in [2.05, 4.69) is 23.6 Å². The standard InChI is InChI=1S/C15H25FN4O2S/c1-5-19(4)23(21,22)18-14-10-20(9-13(14)11(2)3)15-7-6-12(16)8-17-15/h6-8,11,13-14,18H,5,9-10H2,1-4H3/t13-,14+/m0/s1. The zero-order valence-electron chi connectivity index (χ0n) is 14.0. The van der Waals surface area contributed by atoms with Gasteiger partial charge in [0.05, 0.1) is 6.20 Å². The van der Waals surface area contributed by atoms with Crippen LogP contribution in [0.3, 0.4) is 0 Å². The van der Waals surface area contributed by atoms with Crippen molar-refractivity contribution < 1.29 is 12.8 Å². The number of nitrogens with zero attached hydrogens (tertiary/aromatic N) is 3. The number of anilines is 1. The summed E-state index contributed by atoms with van der Waals surface area (Å²) >= 11 is 0. The van der Waals surface area contributed by atoms with Gasteiger partial charge in [-0.3, -0.25) is 0 Å². The molecule has 1 aliphatic rings. The van der Waals surface area contributed by atoms with Gasteiger partial charge in [0.15, 0.2) is 0 Å². The molecule has 0 bridgehead atoms. The highest BCUT2D eigenvalue weighted by Crippen LogP contribution is 2.28. The van der Waals surface area contributed by atoms with E-state index in [0.717, 1.165) is 0 Å². The molecule has 1 aromatic rings. The van der Waals surface area contributed by atoms with Gasteiger partial charge in [-0.2, -0.15) is 17.4 Å². The van der Waals surface area contributed by atoms with E-state index >= 15 is 0 Å². The molecule has 1 N–H and O–H groups in total. The van der Waals surface area contributed by atoms with Crippen LogP contribution < -0.4 is 9.62 Å². The Labute approximate surface area is 137 Å². The van der Waals surface area contributed by atoms with Crippen molar-refractivity contribution in [3.05, 3.63) is 24.1 Å². The van der Waals surface area contributed by atoms with Crippen molar-refractivity contribution in [2.45, 2.75) is 26.8 Å². The summed E-state index contributed by atoms with van der Waals surface area (Å²) in [6.45, 7) is 7.59. The Morgan fingerprint density at radius 1 is 1.43 bits per heavy atom. The molecule has 6 nitrogen and oxygen atoms in total. The first kappa shape index (κ1) is 18.1. The molecule has 1 aliphatic heterocycles. The van der Waals surface area contributed by atoms with Crippen LogP contribution in [0.5, 0.6) is 0 Å². The molecule has 8 heteroatoms. The molecule has 0 unspecified atom stereocenters. The lowest BCUT2D eigenvalue weighted by Gasteiger charge is -2.25. The summed E-state index contributed by atoms with van der Waals surface area (Å²) < 4.78 is 41.7. The molecule has 0 spiro atoms. The zero-order valence-corrected chi connectivity index (χ0v) is 14.8. The van der Waals surface area contributed by atoms with Crippen LogP contribution >= 0.6 is 0 Å². The Morgan fingerprint density at radius 2 is 2.13 bits per heavy atom. The molecule has 0 amide bonds. The Balaban J connectivity index is 2.17. The second kappa shape index (κ2) is 7.11. The lowest BCUT2D eigenvalue weighted by Crippen LogP contribution is -2.47. The topological polar surface area (TPSA) is 65.5 Å². The van der Waals surface area contributed by atoms with Gasteiger partial charge in [0.1, 0.15) is 11.6 Å². The fraction of sp³-hybridized carbons (Fsp3) is 0.667. The molecular weight excluding hydrogens is 319 g/mol. The summed E-state index contributed by atoms with van der Waals surface area (Å²) in [4.78, 5) is 6.10. The number of rotatable bonds is 6. The number of hydrogen-bond donors (Lipinski definition) is 1. The van der Waals surface area contributed by atoms with E-state index in [9.17, 15) is 12.8 Å². The molecule has 1 aromatic heterocycles. The summed E-state index contributed by atoms with van der Waals surface area (Å²) in [5.41, 5.74) is 0. The minimum absolute atomic E-state index is 0.168. The molecule has 2 heterocycles. The second-order valence-corrected chi connectivity index (χ2v) is 8.10. The molecule has 0 aliphatic carbocycles. The largest absolute Gasteiger partial charge is 0.355 e. The summed E-state index contributed by atoms with van der Waals surface area (Å²) in [6.07, 6.45) is 1.18. The third-order valence-electron chi connectivity index (χ3n) is 4.41. The van der Waals surface area contributed by atoms with Crippen molar-refractivity contribution in [1.29, 1.82) is 0 Å². The molecule has 1 saturated heterocycles. The second-order valence-electron chi connectivity index (χ2n) is 6.29. The number of halogens is 1. The predicted octanol–water partition coefficient (Wildman–Crippen LogP) is 1.47. The molecule has 23 heavy (non-hydrogen) atoms. The Morgan fingerprint density at radius 3 is 2.65 bits per heavy atom. The summed E-state index contributed by atoms with van der Waals surface area (Å²) in [6, 6.07) is 2.80. The maximum Gasteiger partial charge on any atom is 0.279 e. The summed E-state index contributed by atoms with van der Waals surface area (Å²) in [5.74, 6) is 0.778. The molecule has 130 valence electrons. The van der Waals surface area contributed by atoms with E-state index in [1.807, 2.05) is 4.90 Å². The predicted molar refractivity (Wildman–Crippen MR) is 88.9 cm³/mol. The minimum Gasteiger partial charge on any atom is -0.355 e. The van der Waals surface area contributed by atoms with Gasteiger partial charge in [0.2, 0.25) is 0 Å². The van der Waals surface area contributed by atoms with Crippen molar-refractivity contribution in [3.63, 3.8) is 0 Å². The van der Waals surface area contributed by atoms with E-state index in [4.69, 9.17) is 0 Å². The van der Waals surface area contributed by atoms with E-state index in [1.54, 1.807) is 20.0 Å². The average molecular weight is 344 g/mol. The van der Waals surface area contributed by atoms with Crippen molar-refractivity contribution in [2.75, 3.05) is 31.6 Å². The van der Waals surface area contributed by atoms with Gasteiger partial charge >= 0.3 is 0 Å². The van der Waals surface area contributed by atoms with Crippen LogP contribution in [0.4, 0.5) is 10.2 Å². The Kier molecular flexibility index (Phi) is 5.59. The summed E-state index contributed by atoms with van der Waals surface area (Å²) in [5, 5.41) is 0. The smallest absolute Gasteiger partial charge is 0.279 e. The zero-order chi connectivity index (χ0) is 17.2. The minimum atomic E-state index is -3.50. The lowest BCUT2D eigenvalue weighted by molar-refractivity contribution is 0.356. The molecule has 0 saturated carbocycles. The van der Waals surface area contributed by atoms with Crippen LogP contribution in [0.2, 0.25) is 0 Å². The monoisotopic (exact) mass is 344 g/mol. The van der Waals surface area contributed by atoms with E-state index in [0.29, 0.717) is 31.4 Å². The Bertz CT molecular complexity index is 621. The normalized spacial score (nSPS) is 22.3. The first-order valence-electron chi connectivity index (χ1n) is 7.84. The lowest BCUT2D eigenvalue weighted by atomic mass is 9.92. The molecule has 0 aromatic carbocycles. The highest BCUT2D eigenvalue weighted by atomic mass is 32.2. The summed E-state index contributed by atoms with van der Waals surface area (Å²) in [7, 11) is -1.94. The molecule has 2 rings (SSSR count). The van der Waals surface area contributed by atoms with E-state index in [1.165, 1.54) is 16.6 Å². The number of aromatic nitrogens is 1. The molecular formula is C15H25FN4O2S. The fourth-order valence-electron chi connectivity index (χ4n) is 2.82. The number of pyridine rings is 1. The number of hydrogen-bond acceptors (Lipinski definition) is 4. The first-order valence-corrected chi connectivity index (χ1v) is 9.28. The van der Waals surface area contributed by atoms with Crippen LogP contribution in [0.25, 0.3) is 0 Å². The fourth-order valence-corrected chi connectivity index (χ4v) is 3.97. The van der Waals surface area contributed by atoms with Gasteiger partial charge in [-0.15, -0.1) is 0 Å². The van der Waals surface area contributed by atoms with Gasteiger partial charge in [-0.05, 0) is 24.0 Å². The molecule has 1 fully saturated rings. The molecule has 2 atom stereocenters. The van der Waals surface area contributed by atoms with Crippen molar-refractivity contribution in [3.8, 4) is 0 Å².